The Morgan fingerprint density at radius 1 is 1.31 bits per heavy atom. The van der Waals surface area contributed by atoms with E-state index in [1.54, 1.807) is 0 Å². The Kier molecular flexibility index (Phi) is 3.49. The molecule has 4 heteroatoms. The standard InChI is InChI=1S/C9H17NO2S/c11-8-1-6-13-9(7-8)10-2-4-12-5-3-10/h8-9,11H,1-7H2. The predicted octanol–water partition coefficient (Wildman–Crippen LogP) is 0.533. The number of rotatable bonds is 1. The first-order valence-corrected chi connectivity index (χ1v) is 6.02. The van der Waals surface area contributed by atoms with E-state index in [1.807, 2.05) is 11.8 Å². The Morgan fingerprint density at radius 2 is 2.08 bits per heavy atom. The maximum Gasteiger partial charge on any atom is 0.0594 e. The summed E-state index contributed by atoms with van der Waals surface area (Å²) in [5.74, 6) is 1.10. The van der Waals surface area contributed by atoms with Crippen LogP contribution >= 0.6 is 11.8 Å². The fourth-order valence-electron chi connectivity index (χ4n) is 1.88. The summed E-state index contributed by atoms with van der Waals surface area (Å²) in [6.45, 7) is 3.77. The summed E-state index contributed by atoms with van der Waals surface area (Å²) in [6, 6.07) is 0. The summed E-state index contributed by atoms with van der Waals surface area (Å²) in [6.07, 6.45) is 1.82. The summed E-state index contributed by atoms with van der Waals surface area (Å²) in [7, 11) is 0. The summed E-state index contributed by atoms with van der Waals surface area (Å²) in [5, 5.41) is 10.1. The maximum absolute atomic E-state index is 9.54. The molecule has 13 heavy (non-hydrogen) atoms. The molecule has 0 aromatic rings. The van der Waals surface area contributed by atoms with Crippen molar-refractivity contribution in [2.24, 2.45) is 0 Å². The number of nitrogens with zero attached hydrogens (tertiary/aromatic N) is 1. The van der Waals surface area contributed by atoms with E-state index in [-0.39, 0.29) is 6.10 Å². The molecule has 0 radical (unpaired) electrons. The molecule has 2 aliphatic rings. The largest absolute Gasteiger partial charge is 0.393 e. The van der Waals surface area contributed by atoms with Crippen LogP contribution in [0.25, 0.3) is 0 Å². The molecule has 3 nitrogen and oxygen atoms in total. The molecule has 2 rings (SSSR count). The summed E-state index contributed by atoms with van der Waals surface area (Å²) >= 11 is 1.98. The number of aliphatic hydroxyl groups is 1. The van der Waals surface area contributed by atoms with Gasteiger partial charge in [-0.1, -0.05) is 0 Å². The third-order valence-corrected chi connectivity index (χ3v) is 4.03. The zero-order chi connectivity index (χ0) is 9.10. The minimum absolute atomic E-state index is 0.0749. The molecule has 0 spiro atoms. The second kappa shape index (κ2) is 4.64. The lowest BCUT2D eigenvalue weighted by Crippen LogP contribution is -2.44. The van der Waals surface area contributed by atoms with Crippen LogP contribution in [0.3, 0.4) is 0 Å². The molecule has 0 aliphatic carbocycles. The van der Waals surface area contributed by atoms with Gasteiger partial charge in [-0.25, -0.2) is 0 Å². The van der Waals surface area contributed by atoms with E-state index in [4.69, 9.17) is 4.74 Å². The van der Waals surface area contributed by atoms with Crippen LogP contribution in [0.5, 0.6) is 0 Å². The Morgan fingerprint density at radius 3 is 2.77 bits per heavy atom. The van der Waals surface area contributed by atoms with Gasteiger partial charge in [-0.15, -0.1) is 11.8 Å². The van der Waals surface area contributed by atoms with Gasteiger partial charge in [-0.2, -0.15) is 0 Å². The maximum atomic E-state index is 9.54. The van der Waals surface area contributed by atoms with Gasteiger partial charge in [-0.05, 0) is 18.6 Å². The Labute approximate surface area is 83.4 Å². The van der Waals surface area contributed by atoms with E-state index in [1.165, 1.54) is 0 Å². The Balaban J connectivity index is 1.83. The molecule has 2 atom stereocenters. The van der Waals surface area contributed by atoms with Gasteiger partial charge >= 0.3 is 0 Å². The van der Waals surface area contributed by atoms with E-state index >= 15 is 0 Å². The average molecular weight is 203 g/mol. The Bertz CT molecular complexity index is 162. The zero-order valence-corrected chi connectivity index (χ0v) is 8.63. The van der Waals surface area contributed by atoms with Crippen molar-refractivity contribution >= 4 is 11.8 Å². The van der Waals surface area contributed by atoms with Crippen LogP contribution in [0.2, 0.25) is 0 Å². The quantitative estimate of drug-likeness (QED) is 0.674. The van der Waals surface area contributed by atoms with Crippen molar-refractivity contribution in [2.75, 3.05) is 32.1 Å². The normalized spacial score (nSPS) is 37.6. The van der Waals surface area contributed by atoms with Crippen LogP contribution in [-0.2, 0) is 4.74 Å². The highest BCUT2D eigenvalue weighted by atomic mass is 32.2. The molecule has 2 unspecified atom stereocenters. The van der Waals surface area contributed by atoms with Gasteiger partial charge in [0.1, 0.15) is 0 Å². The number of ether oxygens (including phenoxy) is 1. The van der Waals surface area contributed by atoms with Crippen LogP contribution in [0, 0.1) is 0 Å². The number of morpholine rings is 1. The van der Waals surface area contributed by atoms with Gasteiger partial charge in [0.25, 0.3) is 0 Å². The van der Waals surface area contributed by atoms with Gasteiger partial charge in [0.05, 0.1) is 24.7 Å². The highest BCUT2D eigenvalue weighted by Crippen LogP contribution is 2.28. The van der Waals surface area contributed by atoms with Gasteiger partial charge in [0.2, 0.25) is 0 Å². The fourth-order valence-corrected chi connectivity index (χ4v) is 3.34. The van der Waals surface area contributed by atoms with Crippen LogP contribution in [0.4, 0.5) is 0 Å². The zero-order valence-electron chi connectivity index (χ0n) is 7.82. The van der Waals surface area contributed by atoms with Crippen molar-refractivity contribution in [2.45, 2.75) is 24.3 Å². The van der Waals surface area contributed by atoms with Gasteiger partial charge in [-0.3, -0.25) is 4.90 Å². The molecule has 0 saturated carbocycles. The molecule has 1 N–H and O–H groups in total. The van der Waals surface area contributed by atoms with Crippen LogP contribution < -0.4 is 0 Å². The highest BCUT2D eigenvalue weighted by Gasteiger charge is 2.26. The van der Waals surface area contributed by atoms with E-state index in [0.29, 0.717) is 5.37 Å². The molecule has 0 bridgehead atoms. The first-order valence-electron chi connectivity index (χ1n) is 4.98. The predicted molar refractivity (Wildman–Crippen MR) is 53.9 cm³/mol. The van der Waals surface area contributed by atoms with Crippen LogP contribution in [0.1, 0.15) is 12.8 Å². The van der Waals surface area contributed by atoms with Crippen molar-refractivity contribution in [1.29, 1.82) is 0 Å². The van der Waals surface area contributed by atoms with E-state index in [0.717, 1.165) is 44.9 Å². The van der Waals surface area contributed by atoms with Crippen molar-refractivity contribution in [3.63, 3.8) is 0 Å². The topological polar surface area (TPSA) is 32.7 Å². The second-order valence-corrected chi connectivity index (χ2v) is 4.94. The summed E-state index contributed by atoms with van der Waals surface area (Å²) in [5.41, 5.74) is 0. The molecule has 0 aromatic carbocycles. The van der Waals surface area contributed by atoms with Gasteiger partial charge in [0, 0.05) is 13.1 Å². The lowest BCUT2D eigenvalue weighted by molar-refractivity contribution is 0.0212. The third kappa shape index (κ3) is 2.59. The van der Waals surface area contributed by atoms with Crippen molar-refractivity contribution in [1.82, 2.24) is 4.90 Å². The SMILES string of the molecule is OC1CCSC(N2CCOCC2)C1. The number of hydrogen-bond acceptors (Lipinski definition) is 4. The van der Waals surface area contributed by atoms with Crippen molar-refractivity contribution < 1.29 is 9.84 Å². The third-order valence-electron chi connectivity index (χ3n) is 2.69. The molecule has 76 valence electrons. The van der Waals surface area contributed by atoms with Crippen LogP contribution in [0.15, 0.2) is 0 Å². The first kappa shape index (κ1) is 9.77. The van der Waals surface area contributed by atoms with E-state index < -0.39 is 0 Å². The second-order valence-electron chi connectivity index (χ2n) is 3.65. The highest BCUT2D eigenvalue weighted by molar-refractivity contribution is 7.99. The molecule has 2 aliphatic heterocycles. The summed E-state index contributed by atoms with van der Waals surface area (Å²) < 4.78 is 5.30. The minimum atomic E-state index is -0.0749. The number of aliphatic hydroxyl groups excluding tert-OH is 1. The first-order chi connectivity index (χ1) is 6.36. The van der Waals surface area contributed by atoms with Crippen molar-refractivity contribution in [3.8, 4) is 0 Å². The lowest BCUT2D eigenvalue weighted by atomic mass is 10.2. The lowest BCUT2D eigenvalue weighted by Gasteiger charge is -2.37. The van der Waals surface area contributed by atoms with Crippen LogP contribution in [-0.4, -0.2) is 53.5 Å². The molecular weight excluding hydrogens is 186 g/mol. The smallest absolute Gasteiger partial charge is 0.0594 e. The number of thioether (sulfide) groups is 1. The minimum Gasteiger partial charge on any atom is -0.393 e. The van der Waals surface area contributed by atoms with Gasteiger partial charge in [0.15, 0.2) is 0 Å². The molecule has 2 saturated heterocycles. The molecule has 2 fully saturated rings. The molecular formula is C9H17NO2S. The summed E-state index contributed by atoms with van der Waals surface area (Å²) in [4.78, 5) is 2.44. The molecule has 2 heterocycles. The monoisotopic (exact) mass is 203 g/mol. The average Bonchev–Trinajstić information content (AvgIpc) is 2.19. The van der Waals surface area contributed by atoms with E-state index in [2.05, 4.69) is 4.90 Å². The Hall–Kier alpha value is 0.230. The van der Waals surface area contributed by atoms with E-state index in [9.17, 15) is 5.11 Å². The molecule has 0 amide bonds. The molecule has 0 aromatic heterocycles. The fraction of sp³-hybridized carbons (Fsp3) is 1.00. The number of hydrogen-bond donors (Lipinski definition) is 1. The van der Waals surface area contributed by atoms with Gasteiger partial charge < -0.3 is 9.84 Å². The van der Waals surface area contributed by atoms with Crippen molar-refractivity contribution in [3.05, 3.63) is 0 Å².